The van der Waals surface area contributed by atoms with Crippen molar-refractivity contribution in [1.29, 1.82) is 0 Å². The molecular weight excluding hydrogens is 396 g/mol. The Morgan fingerprint density at radius 2 is 2.18 bits per heavy atom. The monoisotopic (exact) mass is 416 g/mol. The summed E-state index contributed by atoms with van der Waals surface area (Å²) in [5.41, 5.74) is 1.03. The van der Waals surface area contributed by atoms with Gasteiger partial charge < -0.3 is 9.64 Å². The number of nitrogens with one attached hydrogen (secondary N) is 1. The first-order chi connectivity index (χ1) is 13.6. The molecule has 1 aromatic carbocycles. The number of hydrogen-bond acceptors (Lipinski definition) is 8. The lowest BCUT2D eigenvalue weighted by molar-refractivity contribution is -0.122. The zero-order valence-electron chi connectivity index (χ0n) is 15.8. The molecule has 1 amide bonds. The summed E-state index contributed by atoms with van der Waals surface area (Å²) in [6.07, 6.45) is 3.31. The molecule has 1 aromatic heterocycles. The van der Waals surface area contributed by atoms with Gasteiger partial charge in [-0.25, -0.2) is 5.10 Å². The summed E-state index contributed by atoms with van der Waals surface area (Å²) in [6, 6.07) is 5.94. The van der Waals surface area contributed by atoms with Crippen molar-refractivity contribution in [1.82, 2.24) is 20.1 Å². The van der Waals surface area contributed by atoms with E-state index in [2.05, 4.69) is 27.1 Å². The molecule has 1 N–H and O–H groups in total. The number of anilines is 1. The fraction of sp³-hybridized carbons (Fsp3) is 0.333. The number of H-pyrrole nitrogens is 1. The summed E-state index contributed by atoms with van der Waals surface area (Å²) in [7, 11) is 3.62. The van der Waals surface area contributed by atoms with E-state index in [-0.39, 0.29) is 5.91 Å². The van der Waals surface area contributed by atoms with Crippen molar-refractivity contribution in [2.24, 2.45) is 4.99 Å². The lowest BCUT2D eigenvalue weighted by Gasteiger charge is -2.16. The molecule has 2 aliphatic heterocycles. The van der Waals surface area contributed by atoms with Gasteiger partial charge in [-0.3, -0.25) is 9.69 Å². The van der Waals surface area contributed by atoms with Gasteiger partial charge in [-0.05, 0) is 30.3 Å². The van der Waals surface area contributed by atoms with Gasteiger partial charge in [0.2, 0.25) is 5.95 Å². The highest BCUT2D eigenvalue weighted by molar-refractivity contribution is 8.19. The average molecular weight is 417 g/mol. The molecular formula is C18H20N6O2S2. The van der Waals surface area contributed by atoms with Crippen molar-refractivity contribution in [3.63, 3.8) is 0 Å². The van der Waals surface area contributed by atoms with Gasteiger partial charge >= 0.3 is 0 Å². The Hall–Kier alpha value is -2.46. The number of hydrogen-bond donors (Lipinski definition) is 1. The number of amides is 1. The number of unbranched alkanes of at least 4 members (excludes halogenated alkanes) is 1. The predicted molar refractivity (Wildman–Crippen MR) is 112 cm³/mol. The zero-order valence-corrected chi connectivity index (χ0v) is 17.4. The van der Waals surface area contributed by atoms with Gasteiger partial charge in [0.25, 0.3) is 5.91 Å². The van der Waals surface area contributed by atoms with Crippen LogP contribution in [0.15, 0.2) is 44.3 Å². The van der Waals surface area contributed by atoms with Crippen LogP contribution in [0.5, 0.6) is 5.75 Å². The maximum absolute atomic E-state index is 13.2. The number of thioether (sulfide) groups is 2. The first kappa shape index (κ1) is 18.9. The van der Waals surface area contributed by atoms with Crippen LogP contribution < -0.4 is 9.64 Å². The summed E-state index contributed by atoms with van der Waals surface area (Å²) in [5.74, 6) is 1.16. The summed E-state index contributed by atoms with van der Waals surface area (Å²) >= 11 is 2.97. The van der Waals surface area contributed by atoms with Crippen LogP contribution in [0.4, 0.5) is 11.6 Å². The number of nitrogens with zero attached hydrogens (tertiary/aromatic N) is 5. The summed E-state index contributed by atoms with van der Waals surface area (Å²) in [6.45, 7) is 2.73. The van der Waals surface area contributed by atoms with Gasteiger partial charge in [-0.1, -0.05) is 25.1 Å². The Morgan fingerprint density at radius 3 is 2.89 bits per heavy atom. The Bertz CT molecular complexity index is 957. The van der Waals surface area contributed by atoms with Crippen molar-refractivity contribution < 1.29 is 9.53 Å². The van der Waals surface area contributed by atoms with Crippen molar-refractivity contribution in [2.45, 2.75) is 24.7 Å². The van der Waals surface area contributed by atoms with Gasteiger partial charge in [0, 0.05) is 24.6 Å². The fourth-order valence-electron chi connectivity index (χ4n) is 2.93. The third kappa shape index (κ3) is 3.37. The Labute approximate surface area is 171 Å². The van der Waals surface area contributed by atoms with Gasteiger partial charge in [0.05, 0.1) is 17.8 Å². The second-order valence-electron chi connectivity index (χ2n) is 6.24. The zero-order chi connectivity index (χ0) is 19.7. The third-order valence-corrected chi connectivity index (χ3v) is 6.87. The Kier molecular flexibility index (Phi) is 5.31. The lowest BCUT2D eigenvalue weighted by Crippen LogP contribution is -2.30. The molecule has 0 bridgehead atoms. The van der Waals surface area contributed by atoms with Crippen molar-refractivity contribution in [3.05, 3.63) is 34.5 Å². The maximum atomic E-state index is 13.2. The predicted octanol–water partition coefficient (Wildman–Crippen LogP) is 3.59. The molecule has 0 saturated carbocycles. The largest absolute Gasteiger partial charge is 0.497 e. The number of aliphatic imine (C=N–C) groups is 1. The first-order valence-electron chi connectivity index (χ1n) is 8.90. The third-order valence-electron chi connectivity index (χ3n) is 4.44. The Balaban J connectivity index is 1.70. The Morgan fingerprint density at radius 1 is 1.32 bits per heavy atom. The highest BCUT2D eigenvalue weighted by atomic mass is 32.2. The van der Waals surface area contributed by atoms with E-state index in [0.717, 1.165) is 34.2 Å². The molecule has 2 aromatic rings. The number of benzene rings is 1. The number of rotatable bonds is 5. The molecule has 0 radical (unpaired) electrons. The van der Waals surface area contributed by atoms with Gasteiger partial charge in [0.15, 0.2) is 5.17 Å². The van der Waals surface area contributed by atoms with Crippen LogP contribution in [-0.2, 0) is 4.79 Å². The quantitative estimate of drug-likeness (QED) is 0.746. The highest BCUT2D eigenvalue weighted by Crippen LogP contribution is 2.50. The minimum atomic E-state index is -0.0224. The smallest absolute Gasteiger partial charge is 0.269 e. The second kappa shape index (κ2) is 7.88. The second-order valence-corrected chi connectivity index (χ2v) is 8.25. The van der Waals surface area contributed by atoms with Gasteiger partial charge in [-0.2, -0.15) is 15.1 Å². The molecule has 10 heteroatoms. The number of aromatic nitrogens is 3. The van der Waals surface area contributed by atoms with Crippen molar-refractivity contribution >= 4 is 46.2 Å². The first-order valence-corrected chi connectivity index (χ1v) is 10.5. The van der Waals surface area contributed by atoms with E-state index in [9.17, 15) is 4.79 Å². The normalized spacial score (nSPS) is 20.4. The molecule has 146 valence electrons. The number of carbonyl (C=O) groups excluding carboxylic acids is 1. The fourth-order valence-corrected chi connectivity index (χ4v) is 5.26. The van der Waals surface area contributed by atoms with E-state index in [1.807, 2.05) is 30.1 Å². The maximum Gasteiger partial charge on any atom is 0.269 e. The van der Waals surface area contributed by atoms with Crippen molar-refractivity contribution in [3.8, 4) is 5.75 Å². The molecule has 1 fully saturated rings. The average Bonchev–Trinajstić information content (AvgIpc) is 3.40. The van der Waals surface area contributed by atoms with Crippen LogP contribution in [0.25, 0.3) is 0 Å². The highest BCUT2D eigenvalue weighted by Gasteiger charge is 2.39. The van der Waals surface area contributed by atoms with Crippen LogP contribution >= 0.6 is 23.5 Å². The SMILES string of the molecule is CCCCN1C(=O)/C(=C2/Sc3ccc(OC)cc3N2C)SC1=Nc1ncn[nH]1. The molecule has 0 aliphatic carbocycles. The molecule has 4 rings (SSSR count). The van der Waals surface area contributed by atoms with Crippen LogP contribution in [0, 0.1) is 0 Å². The molecule has 1 saturated heterocycles. The molecule has 0 unspecified atom stereocenters. The van der Waals surface area contributed by atoms with Crippen LogP contribution in [0.1, 0.15) is 19.8 Å². The molecule has 8 nitrogen and oxygen atoms in total. The number of aromatic amines is 1. The summed E-state index contributed by atoms with van der Waals surface area (Å²) in [5, 5.41) is 8.09. The van der Waals surface area contributed by atoms with E-state index in [4.69, 9.17) is 4.74 Å². The van der Waals surface area contributed by atoms with Gasteiger partial charge in [-0.15, -0.1) is 0 Å². The van der Waals surface area contributed by atoms with E-state index in [1.165, 1.54) is 18.1 Å². The number of methoxy groups -OCH3 is 1. The van der Waals surface area contributed by atoms with E-state index in [1.54, 1.807) is 23.8 Å². The van der Waals surface area contributed by atoms with Crippen molar-refractivity contribution in [2.75, 3.05) is 25.6 Å². The minimum Gasteiger partial charge on any atom is -0.497 e. The molecule has 0 atom stereocenters. The lowest BCUT2D eigenvalue weighted by atomic mass is 10.3. The topological polar surface area (TPSA) is 86.7 Å². The van der Waals surface area contributed by atoms with E-state index < -0.39 is 0 Å². The summed E-state index contributed by atoms with van der Waals surface area (Å²) in [4.78, 5) is 27.3. The standard InChI is InChI=1S/C18H20N6O2S2/c1-4-5-8-24-15(25)14(28-18(24)21-17-19-10-20-22-17)16-23(2)12-9-11(26-3)6-7-13(12)27-16/h6-7,9-10H,4-5,8H2,1-3H3,(H,19,20,22)/b16-14-,21-18?. The molecule has 2 aliphatic rings. The number of amidine groups is 1. The van der Waals surface area contributed by atoms with Crippen LogP contribution in [-0.4, -0.2) is 51.9 Å². The number of carbonyl (C=O) groups is 1. The van der Waals surface area contributed by atoms with Gasteiger partial charge in [0.1, 0.15) is 17.0 Å². The summed E-state index contributed by atoms with van der Waals surface area (Å²) < 4.78 is 5.34. The number of fused-ring (bicyclic) bond motifs is 1. The van der Waals surface area contributed by atoms with Crippen LogP contribution in [0.3, 0.4) is 0 Å². The molecule has 0 spiro atoms. The number of ether oxygens (including phenoxy) is 1. The van der Waals surface area contributed by atoms with E-state index in [0.29, 0.717) is 22.6 Å². The van der Waals surface area contributed by atoms with E-state index >= 15 is 0 Å². The molecule has 3 heterocycles. The minimum absolute atomic E-state index is 0.0224. The molecule has 28 heavy (non-hydrogen) atoms. The van der Waals surface area contributed by atoms with Crippen LogP contribution in [0.2, 0.25) is 0 Å².